The Kier molecular flexibility index (Phi) is 8.70. The molecule has 0 saturated carbocycles. The van der Waals surface area contributed by atoms with Crippen molar-refractivity contribution in [3.05, 3.63) is 12.7 Å². The number of nitrogens with one attached hydrogen (secondary N) is 1. The Morgan fingerprint density at radius 2 is 2.14 bits per heavy atom. The molecule has 1 unspecified atom stereocenters. The number of carbonyl (C=O) groups is 1. The number of aliphatic hydroxyl groups is 1. The number of aliphatic hydroxyl groups excluding tert-OH is 1. The van der Waals surface area contributed by atoms with Crippen LogP contribution in [0.1, 0.15) is 6.42 Å². The van der Waals surface area contributed by atoms with Crippen molar-refractivity contribution in [1.82, 2.24) is 5.32 Å². The van der Waals surface area contributed by atoms with Crippen molar-refractivity contribution in [3.8, 4) is 0 Å². The molecule has 0 aromatic carbocycles. The zero-order valence-electron chi connectivity index (χ0n) is 7.76. The summed E-state index contributed by atoms with van der Waals surface area (Å²) < 4.78 is 30.3. The van der Waals surface area contributed by atoms with Gasteiger partial charge in [0.15, 0.2) is 0 Å². The van der Waals surface area contributed by atoms with E-state index in [1.165, 1.54) is 0 Å². The topological polar surface area (TPSA) is 107 Å². The summed E-state index contributed by atoms with van der Waals surface area (Å²) in [7, 11) is -4.35. The van der Waals surface area contributed by atoms with E-state index in [1.54, 1.807) is 0 Å². The maximum atomic E-state index is 10.5. The van der Waals surface area contributed by atoms with Crippen LogP contribution in [0.3, 0.4) is 0 Å². The van der Waals surface area contributed by atoms with E-state index in [0.29, 0.717) is 0 Å². The molecule has 0 bridgehead atoms. The smallest absolute Gasteiger partial charge is 0.748 e. The Hall–Kier alpha value is 0.0800. The molecule has 1 atom stereocenters. The minimum atomic E-state index is -4.35. The number of hydrogen-bond donors (Lipinski definition) is 2. The molecular weight excluding hydrogens is 221 g/mol. The SMILES string of the molecule is C=CC(=O)NC(O)CCS(=O)(=O)[O-].[Na+]. The van der Waals surface area contributed by atoms with Gasteiger partial charge in [-0.25, -0.2) is 8.42 Å². The number of carbonyl (C=O) groups excluding carboxylic acids is 1. The van der Waals surface area contributed by atoms with Gasteiger partial charge >= 0.3 is 29.6 Å². The summed E-state index contributed by atoms with van der Waals surface area (Å²) in [6.45, 7) is 3.12. The van der Waals surface area contributed by atoms with E-state index in [0.717, 1.165) is 6.08 Å². The molecule has 0 aliphatic carbocycles. The second-order valence-corrected chi connectivity index (χ2v) is 3.80. The van der Waals surface area contributed by atoms with Crippen LogP contribution in [-0.2, 0) is 14.9 Å². The summed E-state index contributed by atoms with van der Waals surface area (Å²) in [6.07, 6.45) is -0.741. The monoisotopic (exact) mass is 231 g/mol. The van der Waals surface area contributed by atoms with Crippen molar-refractivity contribution < 1.29 is 52.4 Å². The maximum Gasteiger partial charge on any atom is 1.00 e. The molecule has 76 valence electrons. The van der Waals surface area contributed by atoms with E-state index in [9.17, 15) is 17.8 Å². The second kappa shape index (κ2) is 7.38. The number of hydrogen-bond acceptors (Lipinski definition) is 5. The van der Waals surface area contributed by atoms with Crippen LogP contribution in [-0.4, -0.2) is 36.0 Å². The predicted octanol–water partition coefficient (Wildman–Crippen LogP) is -4.45. The van der Waals surface area contributed by atoms with Crippen LogP contribution < -0.4 is 34.9 Å². The van der Waals surface area contributed by atoms with E-state index < -0.39 is 28.0 Å². The molecule has 1 amide bonds. The Morgan fingerprint density at radius 3 is 2.50 bits per heavy atom. The maximum absolute atomic E-state index is 10.5. The van der Waals surface area contributed by atoms with Gasteiger partial charge in [0.25, 0.3) is 0 Å². The summed E-state index contributed by atoms with van der Waals surface area (Å²) in [5, 5.41) is 10.9. The fourth-order valence-corrected chi connectivity index (χ4v) is 1.06. The van der Waals surface area contributed by atoms with Gasteiger partial charge in [-0.15, -0.1) is 0 Å². The van der Waals surface area contributed by atoms with E-state index in [1.807, 2.05) is 5.32 Å². The third-order valence-corrected chi connectivity index (χ3v) is 1.87. The minimum absolute atomic E-state index is 0. The van der Waals surface area contributed by atoms with Crippen molar-refractivity contribution in [1.29, 1.82) is 0 Å². The van der Waals surface area contributed by atoms with Crippen LogP contribution in [0.2, 0.25) is 0 Å². The van der Waals surface area contributed by atoms with Crippen LogP contribution in [0.25, 0.3) is 0 Å². The first kappa shape index (κ1) is 16.5. The Balaban J connectivity index is 0. The molecule has 0 heterocycles. The third-order valence-electron chi connectivity index (χ3n) is 1.14. The molecule has 8 heteroatoms. The standard InChI is InChI=1S/C6H11NO5S.Na/c1-2-5(8)7-6(9)3-4-13(10,11)12;/h2,6,9H,1,3-4H2,(H,7,8)(H,10,11,12);/q;+1/p-1. The minimum Gasteiger partial charge on any atom is -0.748 e. The largest absolute Gasteiger partial charge is 1.00 e. The number of rotatable bonds is 5. The van der Waals surface area contributed by atoms with Gasteiger partial charge in [-0.3, -0.25) is 4.79 Å². The van der Waals surface area contributed by atoms with Gasteiger partial charge < -0.3 is 15.0 Å². The first-order valence-electron chi connectivity index (χ1n) is 3.39. The molecule has 0 aliphatic rings. The molecule has 0 aromatic rings. The van der Waals surface area contributed by atoms with Crippen molar-refractivity contribution in [2.24, 2.45) is 0 Å². The fraction of sp³-hybridized carbons (Fsp3) is 0.500. The molecule has 0 radical (unpaired) electrons. The van der Waals surface area contributed by atoms with Gasteiger partial charge in [-0.2, -0.15) is 0 Å². The second-order valence-electron chi connectivity index (χ2n) is 2.28. The van der Waals surface area contributed by atoms with Gasteiger partial charge in [0.1, 0.15) is 6.23 Å². The summed E-state index contributed by atoms with van der Waals surface area (Å²) in [6, 6.07) is 0. The van der Waals surface area contributed by atoms with Crippen LogP contribution in [0, 0.1) is 0 Å². The first-order valence-corrected chi connectivity index (χ1v) is 4.97. The van der Waals surface area contributed by atoms with Crippen molar-refractivity contribution >= 4 is 16.0 Å². The molecule has 14 heavy (non-hydrogen) atoms. The van der Waals surface area contributed by atoms with Gasteiger partial charge in [-0.05, 0) is 6.08 Å². The van der Waals surface area contributed by atoms with Gasteiger partial charge in [0, 0.05) is 12.2 Å². The molecule has 0 spiro atoms. The summed E-state index contributed by atoms with van der Waals surface area (Å²) in [5.74, 6) is -1.35. The van der Waals surface area contributed by atoms with E-state index in [4.69, 9.17) is 5.11 Å². The van der Waals surface area contributed by atoms with Crippen molar-refractivity contribution in [3.63, 3.8) is 0 Å². The quantitative estimate of drug-likeness (QED) is 0.215. The fourth-order valence-electron chi connectivity index (χ4n) is 0.551. The predicted molar refractivity (Wildman–Crippen MR) is 43.5 cm³/mol. The summed E-state index contributed by atoms with van der Waals surface area (Å²) >= 11 is 0. The third kappa shape index (κ3) is 10.2. The molecule has 0 fully saturated rings. The average Bonchev–Trinajstić information content (AvgIpc) is 1.99. The molecule has 2 N–H and O–H groups in total. The normalized spacial score (nSPS) is 12.4. The van der Waals surface area contributed by atoms with E-state index in [-0.39, 0.29) is 36.0 Å². The number of amides is 1. The van der Waals surface area contributed by atoms with Gasteiger partial charge in [0.05, 0.1) is 10.1 Å². The van der Waals surface area contributed by atoms with E-state index >= 15 is 0 Å². The molecule has 0 rings (SSSR count). The van der Waals surface area contributed by atoms with Crippen LogP contribution in [0.5, 0.6) is 0 Å². The van der Waals surface area contributed by atoms with Crippen molar-refractivity contribution in [2.45, 2.75) is 12.6 Å². The van der Waals surface area contributed by atoms with Crippen molar-refractivity contribution in [2.75, 3.05) is 5.75 Å². The Bertz CT molecular complexity index is 289. The summed E-state index contributed by atoms with van der Waals surface area (Å²) in [4.78, 5) is 10.5. The molecule has 0 aromatic heterocycles. The van der Waals surface area contributed by atoms with Crippen LogP contribution in [0.15, 0.2) is 12.7 Å². The zero-order valence-corrected chi connectivity index (χ0v) is 10.6. The van der Waals surface area contributed by atoms with E-state index in [2.05, 4.69) is 6.58 Å². The molecule has 0 aliphatic heterocycles. The molecular formula is C6H10NNaO5S. The Labute approximate surface area is 104 Å². The molecule has 0 saturated heterocycles. The zero-order chi connectivity index (χ0) is 10.5. The van der Waals surface area contributed by atoms with Gasteiger partial charge in [-0.1, -0.05) is 6.58 Å². The van der Waals surface area contributed by atoms with Crippen LogP contribution >= 0.6 is 0 Å². The average molecular weight is 231 g/mol. The molecule has 6 nitrogen and oxygen atoms in total. The summed E-state index contributed by atoms with van der Waals surface area (Å²) in [5.41, 5.74) is 0. The van der Waals surface area contributed by atoms with Crippen LogP contribution in [0.4, 0.5) is 0 Å². The first-order chi connectivity index (χ1) is 5.85. The van der Waals surface area contributed by atoms with Gasteiger partial charge in [0.2, 0.25) is 5.91 Å². The Morgan fingerprint density at radius 1 is 1.64 bits per heavy atom.